The van der Waals surface area contributed by atoms with Gasteiger partial charge in [0.25, 0.3) is 0 Å². The number of nitrogens with one attached hydrogen (secondary N) is 3. The first-order valence-corrected chi connectivity index (χ1v) is 10.2. The van der Waals surface area contributed by atoms with Crippen molar-refractivity contribution in [2.45, 2.75) is 13.8 Å². The molecule has 0 fully saturated rings. The molecule has 0 radical (unpaired) electrons. The lowest BCUT2D eigenvalue weighted by atomic mass is 10.1. The van der Waals surface area contributed by atoms with E-state index in [1.807, 2.05) is 19.1 Å². The van der Waals surface area contributed by atoms with Gasteiger partial charge in [-0.1, -0.05) is 30.3 Å². The number of hydrazone groups is 1. The van der Waals surface area contributed by atoms with E-state index in [1.54, 1.807) is 60.7 Å². The highest BCUT2D eigenvalue weighted by Gasteiger charge is 2.13. The predicted molar refractivity (Wildman–Crippen MR) is 128 cm³/mol. The Labute approximate surface area is 195 Å². The number of carbonyl (C=O) groups is 4. The van der Waals surface area contributed by atoms with Gasteiger partial charge in [0, 0.05) is 18.3 Å². The summed E-state index contributed by atoms with van der Waals surface area (Å²) in [5.41, 5.74) is 4.88. The van der Waals surface area contributed by atoms with Crippen molar-refractivity contribution in [3.63, 3.8) is 0 Å². The van der Waals surface area contributed by atoms with Crippen LogP contribution >= 0.6 is 0 Å². The van der Waals surface area contributed by atoms with Crippen LogP contribution in [0.3, 0.4) is 0 Å². The van der Waals surface area contributed by atoms with Gasteiger partial charge in [-0.2, -0.15) is 5.10 Å². The first kappa shape index (κ1) is 23.9. The fourth-order valence-corrected chi connectivity index (χ4v) is 2.87. The molecular formula is C25H22N4O5. The molecule has 0 saturated heterocycles. The Morgan fingerprint density at radius 3 is 2.18 bits per heavy atom. The van der Waals surface area contributed by atoms with Crippen LogP contribution in [-0.2, 0) is 14.4 Å². The number of amides is 3. The minimum absolute atomic E-state index is 0.219. The SMILES string of the molecule is CC(=O)Nc1ccc(NC(=O)C(=O)N/N=C/c2cccc(OC(=O)c3ccccc3C)c2)cc1. The second-order valence-corrected chi connectivity index (χ2v) is 7.19. The molecule has 3 amide bonds. The summed E-state index contributed by atoms with van der Waals surface area (Å²) < 4.78 is 5.41. The summed E-state index contributed by atoms with van der Waals surface area (Å²) in [5, 5.41) is 8.80. The molecule has 0 aliphatic rings. The van der Waals surface area contributed by atoms with Crippen LogP contribution in [0.1, 0.15) is 28.4 Å². The molecule has 0 aromatic heterocycles. The Morgan fingerprint density at radius 2 is 1.50 bits per heavy atom. The van der Waals surface area contributed by atoms with Gasteiger partial charge in [-0.25, -0.2) is 10.2 Å². The molecule has 0 unspecified atom stereocenters. The maximum Gasteiger partial charge on any atom is 0.343 e. The standard InChI is InChI=1S/C25H22N4O5/c1-16-6-3-4-9-22(16)25(33)34-21-8-5-7-18(14-21)15-26-29-24(32)23(31)28-20-12-10-19(11-13-20)27-17(2)30/h3-15H,1-2H3,(H,27,30)(H,28,31)(H,29,32)/b26-15+. The van der Waals surface area contributed by atoms with Crippen LogP contribution in [0.5, 0.6) is 5.75 Å². The highest BCUT2D eigenvalue weighted by molar-refractivity contribution is 6.39. The van der Waals surface area contributed by atoms with Crippen molar-refractivity contribution in [3.05, 3.63) is 89.5 Å². The molecule has 0 saturated carbocycles. The van der Waals surface area contributed by atoms with Gasteiger partial charge in [0.05, 0.1) is 11.8 Å². The Balaban J connectivity index is 1.54. The minimum Gasteiger partial charge on any atom is -0.423 e. The van der Waals surface area contributed by atoms with Gasteiger partial charge >= 0.3 is 17.8 Å². The average Bonchev–Trinajstić information content (AvgIpc) is 2.80. The van der Waals surface area contributed by atoms with Crippen molar-refractivity contribution in [3.8, 4) is 5.75 Å². The molecule has 0 heterocycles. The third-order valence-corrected chi connectivity index (χ3v) is 4.48. The first-order chi connectivity index (χ1) is 16.3. The van der Waals surface area contributed by atoms with Gasteiger partial charge in [-0.15, -0.1) is 0 Å². The molecule has 34 heavy (non-hydrogen) atoms. The number of rotatable bonds is 6. The number of carbonyl (C=O) groups excluding carboxylic acids is 4. The van der Waals surface area contributed by atoms with E-state index < -0.39 is 17.8 Å². The van der Waals surface area contributed by atoms with Crippen LogP contribution in [0, 0.1) is 6.92 Å². The minimum atomic E-state index is -0.968. The van der Waals surface area contributed by atoms with Gasteiger partial charge in [0.2, 0.25) is 5.91 Å². The zero-order chi connectivity index (χ0) is 24.5. The zero-order valence-corrected chi connectivity index (χ0v) is 18.5. The number of nitrogens with zero attached hydrogens (tertiary/aromatic N) is 1. The number of anilines is 2. The molecule has 3 rings (SSSR count). The van der Waals surface area contributed by atoms with E-state index in [0.29, 0.717) is 28.3 Å². The molecule has 3 aromatic rings. The van der Waals surface area contributed by atoms with Crippen LogP contribution in [-0.4, -0.2) is 29.9 Å². The van der Waals surface area contributed by atoms with Crippen LogP contribution in [0.25, 0.3) is 0 Å². The molecule has 9 heteroatoms. The number of hydrogen-bond acceptors (Lipinski definition) is 6. The Bertz CT molecular complexity index is 1250. The molecule has 0 aliphatic carbocycles. The quantitative estimate of drug-likeness (QED) is 0.172. The van der Waals surface area contributed by atoms with Gasteiger partial charge in [-0.3, -0.25) is 14.4 Å². The van der Waals surface area contributed by atoms with Crippen molar-refractivity contribution >= 4 is 41.3 Å². The van der Waals surface area contributed by atoms with Crippen LogP contribution in [0.4, 0.5) is 11.4 Å². The van der Waals surface area contributed by atoms with Crippen molar-refractivity contribution in [2.24, 2.45) is 5.10 Å². The highest BCUT2D eigenvalue weighted by Crippen LogP contribution is 2.16. The maximum atomic E-state index is 12.4. The lowest BCUT2D eigenvalue weighted by molar-refractivity contribution is -0.136. The summed E-state index contributed by atoms with van der Waals surface area (Å²) in [6, 6.07) is 19.9. The molecule has 0 bridgehead atoms. The van der Waals surface area contributed by atoms with E-state index in [4.69, 9.17) is 4.74 Å². The molecule has 3 aromatic carbocycles. The van der Waals surface area contributed by atoms with Gasteiger partial charge in [-0.05, 0) is 60.5 Å². The Kier molecular flexibility index (Phi) is 7.85. The average molecular weight is 458 g/mol. The summed E-state index contributed by atoms with van der Waals surface area (Å²) in [6.45, 7) is 3.20. The van der Waals surface area contributed by atoms with E-state index in [2.05, 4.69) is 21.2 Å². The summed E-state index contributed by atoms with van der Waals surface area (Å²) in [4.78, 5) is 47.4. The zero-order valence-electron chi connectivity index (χ0n) is 18.5. The van der Waals surface area contributed by atoms with Crippen molar-refractivity contribution in [1.29, 1.82) is 0 Å². The molecule has 9 nitrogen and oxygen atoms in total. The van der Waals surface area contributed by atoms with Crippen LogP contribution < -0.4 is 20.8 Å². The lowest BCUT2D eigenvalue weighted by Gasteiger charge is -2.07. The number of hydrogen-bond donors (Lipinski definition) is 3. The van der Waals surface area contributed by atoms with Crippen molar-refractivity contribution in [2.75, 3.05) is 10.6 Å². The van der Waals surface area contributed by atoms with Crippen LogP contribution in [0.2, 0.25) is 0 Å². The second kappa shape index (κ2) is 11.2. The normalized spacial score (nSPS) is 10.4. The van der Waals surface area contributed by atoms with Gasteiger partial charge in [0.1, 0.15) is 5.75 Å². The first-order valence-electron chi connectivity index (χ1n) is 10.2. The molecule has 3 N–H and O–H groups in total. The highest BCUT2D eigenvalue weighted by atomic mass is 16.5. The maximum absolute atomic E-state index is 12.4. The summed E-state index contributed by atoms with van der Waals surface area (Å²) >= 11 is 0. The molecule has 0 aliphatic heterocycles. The number of aryl methyl sites for hydroxylation is 1. The van der Waals surface area contributed by atoms with E-state index >= 15 is 0 Å². The van der Waals surface area contributed by atoms with Crippen molar-refractivity contribution in [1.82, 2.24) is 5.43 Å². The molecule has 172 valence electrons. The third-order valence-electron chi connectivity index (χ3n) is 4.48. The monoisotopic (exact) mass is 458 g/mol. The number of ether oxygens (including phenoxy) is 1. The van der Waals surface area contributed by atoms with E-state index in [1.165, 1.54) is 13.1 Å². The summed E-state index contributed by atoms with van der Waals surface area (Å²) in [5.74, 6) is -2.27. The molecular weight excluding hydrogens is 436 g/mol. The predicted octanol–water partition coefficient (Wildman–Crippen LogP) is 3.26. The topological polar surface area (TPSA) is 126 Å². The van der Waals surface area contributed by atoms with Crippen molar-refractivity contribution < 1.29 is 23.9 Å². The summed E-state index contributed by atoms with van der Waals surface area (Å²) in [6.07, 6.45) is 1.32. The summed E-state index contributed by atoms with van der Waals surface area (Å²) in [7, 11) is 0. The van der Waals surface area contributed by atoms with Gasteiger partial charge in [0.15, 0.2) is 0 Å². The van der Waals surface area contributed by atoms with E-state index in [0.717, 1.165) is 5.56 Å². The fourth-order valence-electron chi connectivity index (χ4n) is 2.87. The third kappa shape index (κ3) is 6.86. The van der Waals surface area contributed by atoms with Crippen LogP contribution in [0.15, 0.2) is 77.9 Å². The van der Waals surface area contributed by atoms with Gasteiger partial charge < -0.3 is 15.4 Å². The smallest absolute Gasteiger partial charge is 0.343 e. The largest absolute Gasteiger partial charge is 0.423 e. The fraction of sp³-hybridized carbons (Fsp3) is 0.0800. The lowest BCUT2D eigenvalue weighted by Crippen LogP contribution is -2.32. The molecule has 0 atom stereocenters. The Morgan fingerprint density at radius 1 is 0.824 bits per heavy atom. The van der Waals surface area contributed by atoms with E-state index in [9.17, 15) is 19.2 Å². The number of esters is 1. The van der Waals surface area contributed by atoms with E-state index in [-0.39, 0.29) is 5.91 Å². The number of benzene rings is 3. The Hall–Kier alpha value is -4.79. The second-order valence-electron chi connectivity index (χ2n) is 7.19. The molecule has 0 spiro atoms.